The second kappa shape index (κ2) is 5.99. The van der Waals surface area contributed by atoms with Crippen LogP contribution in [0.25, 0.3) is 0 Å². The van der Waals surface area contributed by atoms with Gasteiger partial charge in [0.2, 0.25) is 10.9 Å². The van der Waals surface area contributed by atoms with Crippen LogP contribution in [0, 0.1) is 0 Å². The van der Waals surface area contributed by atoms with Gasteiger partial charge in [-0.1, -0.05) is 0 Å². The van der Waals surface area contributed by atoms with Crippen LogP contribution < -0.4 is 9.62 Å². The Kier molecular flexibility index (Phi) is 4.17. The van der Waals surface area contributed by atoms with Crippen molar-refractivity contribution in [1.29, 1.82) is 0 Å². The average molecular weight is 425 g/mol. The molecule has 0 aromatic heterocycles. The van der Waals surface area contributed by atoms with E-state index in [9.17, 15) is 26.4 Å². The van der Waals surface area contributed by atoms with E-state index in [1.807, 2.05) is 0 Å². The maximum atomic E-state index is 13.1. The summed E-state index contributed by atoms with van der Waals surface area (Å²) in [5, 5.41) is 2.74. The number of anilines is 1. The van der Waals surface area contributed by atoms with Crippen molar-refractivity contribution in [3.63, 3.8) is 0 Å². The van der Waals surface area contributed by atoms with Gasteiger partial charge in [0.05, 0.1) is 40.9 Å². The quantitative estimate of drug-likeness (QED) is 0.560. The molecule has 0 radical (unpaired) electrons. The van der Waals surface area contributed by atoms with Gasteiger partial charge in [-0.05, 0) is 37.5 Å². The first-order valence-electron chi connectivity index (χ1n) is 8.26. The molecular formula is C16H16ClF3N2O4S. The van der Waals surface area contributed by atoms with Gasteiger partial charge in [0.25, 0.3) is 5.91 Å². The van der Waals surface area contributed by atoms with E-state index in [0.717, 1.165) is 16.4 Å². The maximum Gasteiger partial charge on any atom is 0.416 e. The Balaban J connectivity index is 1.70. The maximum absolute atomic E-state index is 13.1. The number of ether oxygens (including phenoxy) is 1. The van der Waals surface area contributed by atoms with Crippen LogP contribution in [0.3, 0.4) is 0 Å². The van der Waals surface area contributed by atoms with Crippen molar-refractivity contribution >= 4 is 34.1 Å². The second-order valence-corrected chi connectivity index (χ2v) is 9.13. The van der Waals surface area contributed by atoms with Crippen molar-refractivity contribution in [1.82, 2.24) is 5.32 Å². The fraction of sp³-hybridized carbons (Fsp3) is 0.562. The number of amides is 1. The number of alkyl halides is 4. The number of carbonyl (C=O) groups is 1. The number of thiol groups is 1. The molecule has 1 aromatic rings. The van der Waals surface area contributed by atoms with Crippen LogP contribution in [-0.4, -0.2) is 44.0 Å². The Morgan fingerprint density at radius 3 is 2.33 bits per heavy atom. The van der Waals surface area contributed by atoms with Crippen molar-refractivity contribution in [3.8, 4) is 0 Å². The highest BCUT2D eigenvalue weighted by atomic mass is 35.5. The third kappa shape index (κ3) is 3.17. The highest BCUT2D eigenvalue weighted by Gasteiger charge is 2.68. The number of hydrogen-bond acceptors (Lipinski definition) is 4. The summed E-state index contributed by atoms with van der Waals surface area (Å²) in [6, 6.07) is 1.94. The molecule has 2 bridgehead atoms. The Hall–Kier alpha value is -1.52. The van der Waals surface area contributed by atoms with E-state index in [-0.39, 0.29) is 29.3 Å². The zero-order valence-corrected chi connectivity index (χ0v) is 15.5. The molecule has 3 aliphatic carbocycles. The molecule has 3 saturated carbocycles. The Labute approximate surface area is 159 Å². The summed E-state index contributed by atoms with van der Waals surface area (Å²) in [5.74, 6) is -0.739. The second-order valence-electron chi connectivity index (χ2n) is 7.42. The smallest absolute Gasteiger partial charge is 0.377 e. The molecule has 11 heteroatoms. The molecule has 5 rings (SSSR count). The van der Waals surface area contributed by atoms with Gasteiger partial charge in [-0.2, -0.15) is 13.2 Å². The minimum Gasteiger partial charge on any atom is -0.377 e. The van der Waals surface area contributed by atoms with E-state index in [0.29, 0.717) is 25.3 Å². The molecule has 0 unspecified atom stereocenters. The van der Waals surface area contributed by atoms with E-state index in [2.05, 4.69) is 5.32 Å². The van der Waals surface area contributed by atoms with Gasteiger partial charge in [-0.15, -0.1) is 11.6 Å². The van der Waals surface area contributed by atoms with Crippen LogP contribution >= 0.6 is 11.6 Å². The topological polar surface area (TPSA) is 75.7 Å². The number of benzene rings is 1. The van der Waals surface area contributed by atoms with E-state index in [1.165, 1.54) is 0 Å². The molecule has 1 heterocycles. The van der Waals surface area contributed by atoms with Crippen LogP contribution in [0.2, 0.25) is 0 Å². The number of rotatable bonds is 5. The molecule has 1 saturated heterocycles. The summed E-state index contributed by atoms with van der Waals surface area (Å²) < 4.78 is 68.8. The monoisotopic (exact) mass is 424 g/mol. The van der Waals surface area contributed by atoms with Crippen molar-refractivity contribution in [2.45, 2.75) is 41.9 Å². The lowest BCUT2D eigenvalue weighted by molar-refractivity contribution is -0.137. The summed E-state index contributed by atoms with van der Waals surface area (Å²) >= 11 is 6.16. The third-order valence-corrected chi connectivity index (χ3v) is 6.60. The number of halogens is 4. The van der Waals surface area contributed by atoms with Crippen molar-refractivity contribution < 1.29 is 31.1 Å². The molecule has 1 aromatic carbocycles. The molecular weight excluding hydrogens is 409 g/mol. The van der Waals surface area contributed by atoms with Gasteiger partial charge in [0.1, 0.15) is 0 Å². The molecule has 4 aliphatic rings. The minimum atomic E-state index is -4.66. The highest BCUT2D eigenvalue weighted by molar-refractivity contribution is 7.74. The fourth-order valence-corrected chi connectivity index (χ4v) is 5.50. The summed E-state index contributed by atoms with van der Waals surface area (Å²) in [7, 11) is -3.16. The largest absolute Gasteiger partial charge is 0.416 e. The number of carbonyl (C=O) groups excluding carboxylic acids is 1. The Morgan fingerprint density at radius 2 is 1.89 bits per heavy atom. The predicted molar refractivity (Wildman–Crippen MR) is 91.5 cm³/mol. The minimum absolute atomic E-state index is 0.0860. The van der Waals surface area contributed by atoms with Crippen LogP contribution in [0.15, 0.2) is 18.2 Å². The van der Waals surface area contributed by atoms with E-state index < -0.39 is 40.1 Å². The standard InChI is InChI=1S/C16H16ClF3N2O4S/c17-14-6-15(7-14,8-14)21-13(23)11-3-9(16(18,19)20)1-2-12(11)22(27(24)25)10-4-26-5-10/h1-3,10,27H,4-8H2,(H,21,23). The Morgan fingerprint density at radius 1 is 1.26 bits per heavy atom. The fourth-order valence-electron chi connectivity index (χ4n) is 3.98. The number of nitrogens with one attached hydrogen (secondary N) is 1. The molecule has 1 aliphatic heterocycles. The summed E-state index contributed by atoms with van der Waals surface area (Å²) in [4.78, 5) is 12.4. The zero-order valence-electron chi connectivity index (χ0n) is 13.9. The van der Waals surface area contributed by atoms with Gasteiger partial charge in [-0.25, -0.2) is 8.42 Å². The van der Waals surface area contributed by atoms with Crippen LogP contribution in [0.1, 0.15) is 35.2 Å². The van der Waals surface area contributed by atoms with Crippen LogP contribution in [0.4, 0.5) is 18.9 Å². The van der Waals surface area contributed by atoms with E-state index in [1.54, 1.807) is 0 Å². The van der Waals surface area contributed by atoms with Crippen molar-refractivity contribution in [2.24, 2.45) is 0 Å². The van der Waals surface area contributed by atoms with Crippen LogP contribution in [0.5, 0.6) is 0 Å². The van der Waals surface area contributed by atoms with Gasteiger partial charge >= 0.3 is 6.18 Å². The number of hydrogen-bond donors (Lipinski definition) is 2. The first-order chi connectivity index (χ1) is 12.5. The number of nitrogens with zero attached hydrogens (tertiary/aromatic N) is 1. The molecule has 4 fully saturated rings. The summed E-state index contributed by atoms with van der Waals surface area (Å²) in [6.07, 6.45) is -3.00. The molecule has 6 nitrogen and oxygen atoms in total. The lowest BCUT2D eigenvalue weighted by atomic mass is 9.49. The lowest BCUT2D eigenvalue weighted by Gasteiger charge is -2.67. The van der Waals surface area contributed by atoms with Crippen molar-refractivity contribution in [3.05, 3.63) is 29.3 Å². The van der Waals surface area contributed by atoms with Gasteiger partial charge in [0.15, 0.2) is 0 Å². The Bertz CT molecular complexity index is 857. The average Bonchev–Trinajstić information content (AvgIpc) is 2.46. The summed E-state index contributed by atoms with van der Waals surface area (Å²) in [5.41, 5.74) is -1.94. The molecule has 148 valence electrons. The van der Waals surface area contributed by atoms with Crippen LogP contribution in [-0.2, 0) is 21.8 Å². The molecule has 0 atom stereocenters. The molecule has 0 spiro atoms. The molecule has 1 amide bonds. The zero-order chi connectivity index (χ0) is 19.6. The van der Waals surface area contributed by atoms with E-state index >= 15 is 0 Å². The first kappa shape index (κ1) is 18.8. The van der Waals surface area contributed by atoms with Gasteiger partial charge in [0, 0.05) is 5.54 Å². The lowest BCUT2D eigenvalue weighted by Crippen LogP contribution is -2.76. The normalized spacial score (nSPS) is 29.5. The molecule has 1 N–H and O–H groups in total. The van der Waals surface area contributed by atoms with Gasteiger partial charge < -0.3 is 10.1 Å². The molecule has 27 heavy (non-hydrogen) atoms. The van der Waals surface area contributed by atoms with E-state index in [4.69, 9.17) is 16.3 Å². The summed E-state index contributed by atoms with van der Waals surface area (Å²) in [6.45, 7) is 0.230. The highest BCUT2D eigenvalue weighted by Crippen LogP contribution is 2.64. The predicted octanol–water partition coefficient (Wildman–Crippen LogP) is 2.08. The first-order valence-corrected chi connectivity index (χ1v) is 9.77. The van der Waals surface area contributed by atoms with Gasteiger partial charge in [-0.3, -0.25) is 9.10 Å². The van der Waals surface area contributed by atoms with Crippen molar-refractivity contribution in [2.75, 3.05) is 17.5 Å². The third-order valence-electron chi connectivity index (χ3n) is 5.30. The SMILES string of the molecule is O=C(NC12CC(Cl)(C1)C2)c1cc(C(F)(F)F)ccc1N(C1COC1)[SH](=O)=O.